The fraction of sp³-hybridized carbons (Fsp3) is 0.286. The molecule has 0 aliphatic carbocycles. The van der Waals surface area contributed by atoms with E-state index in [0.29, 0.717) is 28.8 Å². The number of benzene rings is 2. The Morgan fingerprint density at radius 3 is 2.55 bits per heavy atom. The number of rotatable bonds is 4. The molecule has 2 aromatic carbocycles. The van der Waals surface area contributed by atoms with Gasteiger partial charge in [0.15, 0.2) is 0 Å². The zero-order valence-corrected chi connectivity index (χ0v) is 16.1. The highest BCUT2D eigenvalue weighted by Gasteiger charge is 2.19. The lowest BCUT2D eigenvalue weighted by molar-refractivity contribution is 0.0601. The van der Waals surface area contributed by atoms with Crippen LogP contribution in [0.25, 0.3) is 10.9 Å². The first-order valence-electron chi connectivity index (χ1n) is 9.41. The van der Waals surface area contributed by atoms with Gasteiger partial charge in [0, 0.05) is 31.9 Å². The van der Waals surface area contributed by atoms with Gasteiger partial charge < -0.3 is 19.7 Å². The number of nitrogens with zero attached hydrogens (tertiary/aromatic N) is 3. The van der Waals surface area contributed by atoms with Crippen molar-refractivity contribution in [3.63, 3.8) is 0 Å². The Labute approximate surface area is 167 Å². The molecule has 3 aromatic rings. The Bertz CT molecular complexity index is 1090. The van der Waals surface area contributed by atoms with Crippen molar-refractivity contribution < 1.29 is 14.6 Å². The SMILES string of the molecule is COC(=O)c1ccc2c(=O)[nH]c(CN3CCN(c4ccc(O)cc4)CC3)nc2c1. The minimum Gasteiger partial charge on any atom is -0.508 e. The first-order chi connectivity index (χ1) is 14.0. The highest BCUT2D eigenvalue weighted by atomic mass is 16.5. The predicted molar refractivity (Wildman–Crippen MR) is 109 cm³/mol. The number of hydrogen-bond donors (Lipinski definition) is 2. The maximum absolute atomic E-state index is 12.4. The number of anilines is 1. The van der Waals surface area contributed by atoms with E-state index < -0.39 is 5.97 Å². The van der Waals surface area contributed by atoms with Gasteiger partial charge in [-0.1, -0.05) is 0 Å². The number of hydrogen-bond acceptors (Lipinski definition) is 7. The number of methoxy groups -OCH3 is 1. The van der Waals surface area contributed by atoms with E-state index in [-0.39, 0.29) is 11.3 Å². The number of aromatic hydroxyl groups is 1. The first kappa shape index (κ1) is 18.9. The number of H-pyrrole nitrogens is 1. The van der Waals surface area contributed by atoms with Crippen molar-refractivity contribution in [2.24, 2.45) is 0 Å². The summed E-state index contributed by atoms with van der Waals surface area (Å²) < 4.78 is 4.74. The molecule has 1 aliphatic heterocycles. The van der Waals surface area contributed by atoms with Crippen LogP contribution >= 0.6 is 0 Å². The molecule has 8 nitrogen and oxygen atoms in total. The minimum absolute atomic E-state index is 0.218. The molecule has 0 unspecified atom stereocenters. The van der Waals surface area contributed by atoms with Crippen LogP contribution in [-0.2, 0) is 11.3 Å². The Hall–Kier alpha value is -3.39. The van der Waals surface area contributed by atoms with Gasteiger partial charge in [0.25, 0.3) is 5.56 Å². The van der Waals surface area contributed by atoms with Crippen LogP contribution in [0.1, 0.15) is 16.2 Å². The highest BCUT2D eigenvalue weighted by molar-refractivity contribution is 5.93. The summed E-state index contributed by atoms with van der Waals surface area (Å²) in [4.78, 5) is 36.0. The molecule has 1 aliphatic rings. The number of piperazine rings is 1. The summed E-state index contributed by atoms with van der Waals surface area (Å²) >= 11 is 0. The van der Waals surface area contributed by atoms with Gasteiger partial charge in [0.05, 0.1) is 30.1 Å². The van der Waals surface area contributed by atoms with Crippen molar-refractivity contribution in [3.8, 4) is 5.75 Å². The number of carbonyl (C=O) groups excluding carboxylic acids is 1. The molecule has 150 valence electrons. The summed E-state index contributed by atoms with van der Waals surface area (Å²) in [7, 11) is 1.32. The molecule has 29 heavy (non-hydrogen) atoms. The van der Waals surface area contributed by atoms with E-state index in [4.69, 9.17) is 4.74 Å². The van der Waals surface area contributed by atoms with Gasteiger partial charge in [-0.05, 0) is 42.5 Å². The van der Waals surface area contributed by atoms with Crippen molar-refractivity contribution >= 4 is 22.6 Å². The minimum atomic E-state index is -0.458. The van der Waals surface area contributed by atoms with Crippen LogP contribution in [0.4, 0.5) is 5.69 Å². The average molecular weight is 394 g/mol. The van der Waals surface area contributed by atoms with E-state index in [1.165, 1.54) is 7.11 Å². The number of esters is 1. The molecule has 0 saturated carbocycles. The number of phenolic OH excluding ortho intramolecular Hbond substituents is 1. The summed E-state index contributed by atoms with van der Waals surface area (Å²) in [5.74, 6) is 0.373. The van der Waals surface area contributed by atoms with E-state index >= 15 is 0 Å². The number of ether oxygens (including phenoxy) is 1. The van der Waals surface area contributed by atoms with Gasteiger partial charge in [-0.2, -0.15) is 0 Å². The lowest BCUT2D eigenvalue weighted by Crippen LogP contribution is -2.46. The Balaban J connectivity index is 1.47. The van der Waals surface area contributed by atoms with Crippen molar-refractivity contribution in [3.05, 3.63) is 64.2 Å². The van der Waals surface area contributed by atoms with E-state index in [1.807, 2.05) is 12.1 Å². The standard InChI is InChI=1S/C21H22N4O4/c1-29-21(28)14-2-7-17-18(12-14)22-19(23-20(17)27)13-24-8-10-25(11-9-24)15-3-5-16(26)6-4-15/h2-7,12,26H,8-11,13H2,1H3,(H,22,23,27). The number of phenols is 1. The molecule has 8 heteroatoms. The van der Waals surface area contributed by atoms with Crippen molar-refractivity contribution in [2.45, 2.75) is 6.54 Å². The third-order valence-electron chi connectivity index (χ3n) is 5.14. The molecular formula is C21H22N4O4. The molecule has 0 amide bonds. The largest absolute Gasteiger partial charge is 0.508 e. The molecule has 1 aromatic heterocycles. The van der Waals surface area contributed by atoms with E-state index in [9.17, 15) is 14.7 Å². The summed E-state index contributed by atoms with van der Waals surface area (Å²) in [6, 6.07) is 11.9. The number of carbonyl (C=O) groups is 1. The summed E-state index contributed by atoms with van der Waals surface area (Å²) in [6.07, 6.45) is 0. The second-order valence-corrected chi connectivity index (χ2v) is 7.02. The monoisotopic (exact) mass is 394 g/mol. The third-order valence-corrected chi connectivity index (χ3v) is 5.14. The highest BCUT2D eigenvalue weighted by Crippen LogP contribution is 2.20. The second kappa shape index (κ2) is 7.92. The van der Waals surface area contributed by atoms with Crippen LogP contribution in [0.15, 0.2) is 47.3 Å². The van der Waals surface area contributed by atoms with Crippen LogP contribution in [0.2, 0.25) is 0 Å². The fourth-order valence-corrected chi connectivity index (χ4v) is 3.55. The Morgan fingerprint density at radius 1 is 1.14 bits per heavy atom. The van der Waals surface area contributed by atoms with E-state index in [1.54, 1.807) is 30.3 Å². The molecule has 2 N–H and O–H groups in total. The van der Waals surface area contributed by atoms with Gasteiger partial charge in [0.1, 0.15) is 11.6 Å². The summed E-state index contributed by atoms with van der Waals surface area (Å²) in [5, 5.41) is 9.88. The zero-order valence-electron chi connectivity index (χ0n) is 16.1. The predicted octanol–water partition coefficient (Wildman–Crippen LogP) is 1.74. The summed E-state index contributed by atoms with van der Waals surface area (Å²) in [5.41, 5.74) is 1.71. The molecule has 1 saturated heterocycles. The number of aromatic amines is 1. The maximum atomic E-state index is 12.4. The van der Waals surface area contributed by atoms with Gasteiger partial charge in [0.2, 0.25) is 0 Å². The van der Waals surface area contributed by atoms with E-state index in [2.05, 4.69) is 19.8 Å². The van der Waals surface area contributed by atoms with Crippen LogP contribution in [0, 0.1) is 0 Å². The van der Waals surface area contributed by atoms with Crippen LogP contribution in [0.3, 0.4) is 0 Å². The second-order valence-electron chi connectivity index (χ2n) is 7.02. The van der Waals surface area contributed by atoms with Crippen molar-refractivity contribution in [1.82, 2.24) is 14.9 Å². The molecule has 0 bridgehead atoms. The third kappa shape index (κ3) is 4.07. The average Bonchev–Trinajstić information content (AvgIpc) is 2.74. The van der Waals surface area contributed by atoms with Gasteiger partial charge >= 0.3 is 5.97 Å². The molecule has 0 atom stereocenters. The number of nitrogens with one attached hydrogen (secondary N) is 1. The quantitative estimate of drug-likeness (QED) is 0.650. The van der Waals surface area contributed by atoms with E-state index in [0.717, 1.165) is 31.9 Å². The summed E-state index contributed by atoms with van der Waals surface area (Å²) in [6.45, 7) is 3.86. The van der Waals surface area contributed by atoms with Gasteiger partial charge in [-0.3, -0.25) is 9.69 Å². The lowest BCUT2D eigenvalue weighted by atomic mass is 10.1. The van der Waals surface area contributed by atoms with Crippen LogP contribution in [0.5, 0.6) is 5.75 Å². The Morgan fingerprint density at radius 2 is 1.86 bits per heavy atom. The van der Waals surface area contributed by atoms with Crippen LogP contribution < -0.4 is 10.5 Å². The van der Waals surface area contributed by atoms with Crippen LogP contribution in [-0.4, -0.2) is 59.2 Å². The lowest BCUT2D eigenvalue weighted by Gasteiger charge is -2.35. The Kier molecular flexibility index (Phi) is 5.18. The zero-order chi connectivity index (χ0) is 20.4. The first-order valence-corrected chi connectivity index (χ1v) is 9.41. The smallest absolute Gasteiger partial charge is 0.337 e. The number of aromatic nitrogens is 2. The number of fused-ring (bicyclic) bond motifs is 1. The molecule has 4 rings (SSSR count). The molecule has 0 radical (unpaired) electrons. The topological polar surface area (TPSA) is 98.8 Å². The fourth-order valence-electron chi connectivity index (χ4n) is 3.55. The molecule has 2 heterocycles. The van der Waals surface area contributed by atoms with Gasteiger partial charge in [-0.25, -0.2) is 9.78 Å². The molecular weight excluding hydrogens is 372 g/mol. The molecule has 1 fully saturated rings. The maximum Gasteiger partial charge on any atom is 0.337 e. The molecule has 0 spiro atoms. The normalized spacial score (nSPS) is 14.9. The van der Waals surface area contributed by atoms with Gasteiger partial charge in [-0.15, -0.1) is 0 Å². The van der Waals surface area contributed by atoms with Crippen molar-refractivity contribution in [2.75, 3.05) is 38.2 Å². The van der Waals surface area contributed by atoms with Crippen molar-refractivity contribution in [1.29, 1.82) is 0 Å².